The molecule has 5 rings (SSSR count). The van der Waals surface area contributed by atoms with Gasteiger partial charge in [0.05, 0.1) is 35.8 Å². The van der Waals surface area contributed by atoms with Crippen molar-refractivity contribution in [2.75, 3.05) is 11.4 Å². The molecule has 1 atom stereocenters. The van der Waals surface area contributed by atoms with E-state index in [2.05, 4.69) is 5.32 Å². The lowest BCUT2D eigenvalue weighted by Crippen LogP contribution is -2.35. The summed E-state index contributed by atoms with van der Waals surface area (Å²) in [4.78, 5) is 14.2. The van der Waals surface area contributed by atoms with Gasteiger partial charge >= 0.3 is 0 Å². The fourth-order valence-corrected chi connectivity index (χ4v) is 6.38. The van der Waals surface area contributed by atoms with Crippen LogP contribution >= 0.6 is 0 Å². The Labute approximate surface area is 247 Å². The fraction of sp³-hybridized carbons (Fsp3) is 0.114. The minimum Gasteiger partial charge on any atom is -0.497 e. The third kappa shape index (κ3) is 6.21. The molecule has 6 nitrogen and oxygen atoms in total. The molecule has 0 aromatic heterocycles. The summed E-state index contributed by atoms with van der Waals surface area (Å²) in [5.74, 6) is 0.164. The van der Waals surface area contributed by atoms with Crippen LogP contribution < -0.4 is 14.4 Å². The van der Waals surface area contributed by atoms with Gasteiger partial charge in [-0.15, -0.1) is 0 Å². The average molecular weight is 577 g/mol. The summed E-state index contributed by atoms with van der Waals surface area (Å²) in [6.45, 7) is 2.05. The molecule has 0 spiro atoms. The van der Waals surface area contributed by atoms with E-state index in [0.717, 1.165) is 22.3 Å². The molecule has 5 aromatic rings. The minimum absolute atomic E-state index is 0.0411. The van der Waals surface area contributed by atoms with Crippen molar-refractivity contribution in [2.24, 2.45) is 0 Å². The molecule has 0 radical (unpaired) electrons. The molecule has 0 aliphatic rings. The van der Waals surface area contributed by atoms with Crippen LogP contribution in [0.2, 0.25) is 0 Å². The monoisotopic (exact) mass is 576 g/mol. The van der Waals surface area contributed by atoms with E-state index < -0.39 is 16.1 Å². The molecule has 5 aromatic carbocycles. The van der Waals surface area contributed by atoms with E-state index in [1.165, 1.54) is 23.5 Å². The van der Waals surface area contributed by atoms with Gasteiger partial charge in [0.15, 0.2) is 0 Å². The van der Waals surface area contributed by atoms with E-state index in [1.807, 2.05) is 91.9 Å². The molecule has 0 bridgehead atoms. The molecular weight excluding hydrogens is 544 g/mol. The Morgan fingerprint density at radius 2 is 1.36 bits per heavy atom. The van der Waals surface area contributed by atoms with E-state index in [9.17, 15) is 13.2 Å². The molecule has 0 saturated carbocycles. The third-order valence-electron chi connectivity index (χ3n) is 7.14. The van der Waals surface area contributed by atoms with Crippen LogP contribution in [0.1, 0.15) is 38.7 Å². The molecule has 1 amide bonds. The molecule has 1 unspecified atom stereocenters. The number of ether oxygens (including phenoxy) is 1. The maximum atomic E-state index is 14.2. The second-order valence-corrected chi connectivity index (χ2v) is 11.7. The van der Waals surface area contributed by atoms with E-state index in [-0.39, 0.29) is 28.6 Å². The number of carbonyl (C=O) groups excluding carboxylic acids is 1. The van der Waals surface area contributed by atoms with Crippen molar-refractivity contribution in [3.05, 3.63) is 161 Å². The van der Waals surface area contributed by atoms with Crippen LogP contribution in [0.15, 0.2) is 138 Å². The number of nitrogens with zero attached hydrogens (tertiary/aromatic N) is 1. The first-order valence-electron chi connectivity index (χ1n) is 13.6. The van der Waals surface area contributed by atoms with Crippen LogP contribution in [0.4, 0.5) is 5.69 Å². The number of aryl methyl sites for hydroxylation is 1. The van der Waals surface area contributed by atoms with E-state index in [4.69, 9.17) is 4.74 Å². The number of sulfonamides is 1. The zero-order valence-corrected chi connectivity index (χ0v) is 24.3. The summed E-state index contributed by atoms with van der Waals surface area (Å²) in [5.41, 5.74) is 4.23. The highest BCUT2D eigenvalue weighted by Gasteiger charge is 2.30. The Hall–Kier alpha value is -4.88. The zero-order valence-electron chi connectivity index (χ0n) is 23.5. The van der Waals surface area contributed by atoms with Crippen molar-refractivity contribution in [1.29, 1.82) is 0 Å². The van der Waals surface area contributed by atoms with Crippen LogP contribution in [0.3, 0.4) is 0 Å². The number of anilines is 1. The first-order valence-corrected chi connectivity index (χ1v) is 15.0. The van der Waals surface area contributed by atoms with E-state index in [0.29, 0.717) is 5.75 Å². The van der Waals surface area contributed by atoms with Gasteiger partial charge in [-0.25, -0.2) is 8.42 Å². The summed E-state index contributed by atoms with van der Waals surface area (Å²) in [6, 6.07) is 39.6. The molecule has 0 fully saturated rings. The van der Waals surface area contributed by atoms with Gasteiger partial charge in [-0.1, -0.05) is 97.1 Å². The maximum absolute atomic E-state index is 14.2. The van der Waals surface area contributed by atoms with Gasteiger partial charge in [-0.3, -0.25) is 9.10 Å². The van der Waals surface area contributed by atoms with Crippen LogP contribution in [0.25, 0.3) is 0 Å². The van der Waals surface area contributed by atoms with Gasteiger partial charge < -0.3 is 10.1 Å². The molecule has 0 aliphatic heterocycles. The van der Waals surface area contributed by atoms with Gasteiger partial charge in [0, 0.05) is 0 Å². The summed E-state index contributed by atoms with van der Waals surface area (Å²) in [5, 5.41) is 3.20. The number of hydrogen-bond acceptors (Lipinski definition) is 4. The van der Waals surface area contributed by atoms with Gasteiger partial charge in [0.2, 0.25) is 0 Å². The first-order chi connectivity index (χ1) is 20.4. The van der Waals surface area contributed by atoms with Crippen molar-refractivity contribution in [3.8, 4) is 5.75 Å². The quantitative estimate of drug-likeness (QED) is 0.196. The van der Waals surface area contributed by atoms with Crippen molar-refractivity contribution in [3.63, 3.8) is 0 Å². The van der Waals surface area contributed by atoms with Gasteiger partial charge in [0.25, 0.3) is 15.9 Å². The molecule has 1 N–H and O–H groups in total. The largest absolute Gasteiger partial charge is 0.497 e. The highest BCUT2D eigenvalue weighted by atomic mass is 32.2. The second-order valence-electron chi connectivity index (χ2n) is 9.86. The van der Waals surface area contributed by atoms with Crippen molar-refractivity contribution in [1.82, 2.24) is 5.32 Å². The standard InChI is InChI=1S/C35H32N2O4S/c1-26-13-9-10-18-31(26)34(28-16-7-4-8-17-28)36-35(38)32-19-11-12-20-33(32)37(25-27-14-5-3-6-15-27)42(39,40)30-23-21-29(41-2)22-24-30/h3-24,34H,25H2,1-2H3,(H,36,38). The molecular formula is C35H32N2O4S. The number of carbonyl (C=O) groups is 1. The van der Waals surface area contributed by atoms with Crippen molar-refractivity contribution < 1.29 is 17.9 Å². The zero-order chi connectivity index (χ0) is 29.5. The maximum Gasteiger partial charge on any atom is 0.264 e. The average Bonchev–Trinajstić information content (AvgIpc) is 3.03. The summed E-state index contributed by atoms with van der Waals surface area (Å²) >= 11 is 0. The molecule has 7 heteroatoms. The number of amides is 1. The highest BCUT2D eigenvalue weighted by molar-refractivity contribution is 7.92. The van der Waals surface area contributed by atoms with Crippen LogP contribution in [-0.2, 0) is 16.6 Å². The number of para-hydroxylation sites is 1. The number of benzene rings is 5. The SMILES string of the molecule is COc1ccc(S(=O)(=O)N(Cc2ccccc2)c2ccccc2C(=O)NC(c2ccccc2)c2ccccc2C)cc1. The molecule has 0 saturated heterocycles. The van der Waals surface area contributed by atoms with Crippen molar-refractivity contribution in [2.45, 2.75) is 24.4 Å². The molecule has 42 heavy (non-hydrogen) atoms. The first kappa shape index (κ1) is 28.6. The Morgan fingerprint density at radius 1 is 0.762 bits per heavy atom. The lowest BCUT2D eigenvalue weighted by molar-refractivity contribution is 0.0943. The Bertz CT molecular complexity index is 1760. The number of methoxy groups -OCH3 is 1. The van der Waals surface area contributed by atoms with Gasteiger partial charge in [0.1, 0.15) is 5.75 Å². The van der Waals surface area contributed by atoms with E-state index in [1.54, 1.807) is 36.4 Å². The predicted octanol–water partition coefficient (Wildman–Crippen LogP) is 6.92. The topological polar surface area (TPSA) is 75.7 Å². The number of nitrogens with one attached hydrogen (secondary N) is 1. The predicted molar refractivity (Wildman–Crippen MR) is 166 cm³/mol. The number of hydrogen-bond donors (Lipinski definition) is 1. The Kier molecular flexibility index (Phi) is 8.69. The molecule has 0 heterocycles. The molecule has 0 aliphatic carbocycles. The Balaban J connectivity index is 1.58. The van der Waals surface area contributed by atoms with Crippen molar-refractivity contribution >= 4 is 21.6 Å². The van der Waals surface area contributed by atoms with Crippen LogP contribution in [0, 0.1) is 6.92 Å². The van der Waals surface area contributed by atoms with Crippen LogP contribution in [-0.4, -0.2) is 21.4 Å². The second kappa shape index (κ2) is 12.7. The summed E-state index contributed by atoms with van der Waals surface area (Å²) < 4.78 is 34.9. The smallest absolute Gasteiger partial charge is 0.264 e. The van der Waals surface area contributed by atoms with Gasteiger partial charge in [-0.2, -0.15) is 0 Å². The lowest BCUT2D eigenvalue weighted by Gasteiger charge is -2.28. The third-order valence-corrected chi connectivity index (χ3v) is 8.92. The minimum atomic E-state index is -4.08. The van der Waals surface area contributed by atoms with Gasteiger partial charge in [-0.05, 0) is 65.6 Å². The van der Waals surface area contributed by atoms with Crippen LogP contribution in [0.5, 0.6) is 5.75 Å². The number of rotatable bonds is 10. The fourth-order valence-electron chi connectivity index (χ4n) is 4.91. The Morgan fingerprint density at radius 3 is 2.02 bits per heavy atom. The summed E-state index contributed by atoms with van der Waals surface area (Å²) in [7, 11) is -2.55. The molecule has 212 valence electrons. The summed E-state index contributed by atoms with van der Waals surface area (Å²) in [6.07, 6.45) is 0. The highest BCUT2D eigenvalue weighted by Crippen LogP contribution is 2.32. The van der Waals surface area contributed by atoms with E-state index >= 15 is 0 Å². The normalized spacial score (nSPS) is 11.9. The lowest BCUT2D eigenvalue weighted by atomic mass is 9.94.